The van der Waals surface area contributed by atoms with E-state index >= 15 is 0 Å². The van der Waals surface area contributed by atoms with E-state index in [4.69, 9.17) is 9.47 Å². The van der Waals surface area contributed by atoms with Crippen LogP contribution in [0.5, 0.6) is 5.75 Å². The summed E-state index contributed by atoms with van der Waals surface area (Å²) < 4.78 is 13.1. The lowest BCUT2D eigenvalue weighted by atomic mass is 10.2. The predicted octanol–water partition coefficient (Wildman–Crippen LogP) is 3.93. The Morgan fingerprint density at radius 3 is 2.88 bits per heavy atom. The van der Waals surface area contributed by atoms with E-state index < -0.39 is 0 Å². The van der Waals surface area contributed by atoms with Gasteiger partial charge in [0.1, 0.15) is 18.5 Å². The molecule has 0 amide bonds. The highest BCUT2D eigenvalue weighted by molar-refractivity contribution is 9.11. The van der Waals surface area contributed by atoms with E-state index in [1.807, 2.05) is 24.3 Å². The van der Waals surface area contributed by atoms with Gasteiger partial charge >= 0.3 is 0 Å². The molecule has 0 radical (unpaired) electrons. The van der Waals surface area contributed by atoms with Crippen LogP contribution in [0.2, 0.25) is 0 Å². The molecule has 0 aliphatic carbocycles. The van der Waals surface area contributed by atoms with E-state index in [1.165, 1.54) is 0 Å². The first-order chi connectivity index (χ1) is 7.70. The fourth-order valence-electron chi connectivity index (χ4n) is 1.46. The summed E-state index contributed by atoms with van der Waals surface area (Å²) in [7, 11) is 0. The summed E-state index contributed by atoms with van der Waals surface area (Å²) in [5, 5.41) is 0. The lowest BCUT2D eigenvalue weighted by Gasteiger charge is -2.06. The van der Waals surface area contributed by atoms with E-state index in [0.29, 0.717) is 12.7 Å². The van der Waals surface area contributed by atoms with Gasteiger partial charge in [-0.2, -0.15) is 0 Å². The van der Waals surface area contributed by atoms with Gasteiger partial charge in [-0.15, -0.1) is 6.58 Å². The molecule has 0 bridgehead atoms. The standard InChI is InChI=1S/C12H12Br2O2/c1-2-3-11-12(16-11)7-15-10-5-4-8(13)6-9(10)14/h2,4-6,11-12H,1,3,7H2. The summed E-state index contributed by atoms with van der Waals surface area (Å²) in [6.45, 7) is 4.28. The van der Waals surface area contributed by atoms with Crippen molar-refractivity contribution in [2.24, 2.45) is 0 Å². The first kappa shape index (κ1) is 12.1. The maximum absolute atomic E-state index is 5.67. The highest BCUT2D eigenvalue weighted by atomic mass is 79.9. The Hall–Kier alpha value is -0.320. The molecule has 2 rings (SSSR count). The van der Waals surface area contributed by atoms with Crippen LogP contribution in [-0.4, -0.2) is 18.8 Å². The molecule has 1 fully saturated rings. The molecule has 1 aliphatic heterocycles. The molecule has 4 heteroatoms. The van der Waals surface area contributed by atoms with Crippen LogP contribution < -0.4 is 4.74 Å². The first-order valence-electron chi connectivity index (χ1n) is 5.05. The Balaban J connectivity index is 1.84. The Labute approximate surface area is 112 Å². The highest BCUT2D eigenvalue weighted by Crippen LogP contribution is 2.31. The van der Waals surface area contributed by atoms with Crippen molar-refractivity contribution in [3.63, 3.8) is 0 Å². The molecule has 2 nitrogen and oxygen atoms in total. The SMILES string of the molecule is C=CCC1OC1COc1ccc(Br)cc1Br. The van der Waals surface area contributed by atoms with Crippen molar-refractivity contribution in [3.05, 3.63) is 39.8 Å². The summed E-state index contributed by atoms with van der Waals surface area (Å²) >= 11 is 6.85. The Morgan fingerprint density at radius 1 is 1.38 bits per heavy atom. The first-order valence-corrected chi connectivity index (χ1v) is 6.63. The zero-order valence-corrected chi connectivity index (χ0v) is 11.8. The summed E-state index contributed by atoms with van der Waals surface area (Å²) in [5.41, 5.74) is 0. The van der Waals surface area contributed by atoms with Crippen LogP contribution in [-0.2, 0) is 4.74 Å². The minimum atomic E-state index is 0.216. The lowest BCUT2D eigenvalue weighted by molar-refractivity contribution is 0.259. The Bertz CT molecular complexity index is 393. The number of hydrogen-bond acceptors (Lipinski definition) is 2. The molecule has 0 aromatic heterocycles. The summed E-state index contributed by atoms with van der Waals surface area (Å²) in [6.07, 6.45) is 3.29. The molecule has 0 saturated carbocycles. The van der Waals surface area contributed by atoms with Gasteiger partial charge in [0, 0.05) is 4.47 Å². The predicted molar refractivity (Wildman–Crippen MR) is 70.8 cm³/mol. The minimum Gasteiger partial charge on any atom is -0.490 e. The third kappa shape index (κ3) is 3.09. The quantitative estimate of drug-likeness (QED) is 0.594. The molecule has 1 aromatic rings. The highest BCUT2D eigenvalue weighted by Gasteiger charge is 2.38. The van der Waals surface area contributed by atoms with Gasteiger partial charge in [-0.05, 0) is 40.5 Å². The van der Waals surface area contributed by atoms with Crippen molar-refractivity contribution in [2.45, 2.75) is 18.6 Å². The van der Waals surface area contributed by atoms with E-state index in [9.17, 15) is 0 Å². The fraction of sp³-hybridized carbons (Fsp3) is 0.333. The molecule has 16 heavy (non-hydrogen) atoms. The molecule has 2 unspecified atom stereocenters. The van der Waals surface area contributed by atoms with E-state index in [2.05, 4.69) is 38.4 Å². The van der Waals surface area contributed by atoms with Gasteiger partial charge in [-0.1, -0.05) is 22.0 Å². The van der Waals surface area contributed by atoms with Gasteiger partial charge in [-0.25, -0.2) is 0 Å². The largest absolute Gasteiger partial charge is 0.490 e. The molecular formula is C12H12Br2O2. The van der Waals surface area contributed by atoms with Gasteiger partial charge in [0.05, 0.1) is 10.6 Å². The smallest absolute Gasteiger partial charge is 0.133 e. The number of rotatable bonds is 5. The Kier molecular flexibility index (Phi) is 4.05. The van der Waals surface area contributed by atoms with E-state index in [1.54, 1.807) is 0 Å². The molecular weight excluding hydrogens is 336 g/mol. The van der Waals surface area contributed by atoms with Crippen molar-refractivity contribution < 1.29 is 9.47 Å². The normalized spacial score (nSPS) is 22.9. The molecule has 1 aliphatic rings. The van der Waals surface area contributed by atoms with Crippen molar-refractivity contribution in [1.29, 1.82) is 0 Å². The summed E-state index contributed by atoms with van der Waals surface area (Å²) in [6, 6.07) is 5.85. The summed E-state index contributed by atoms with van der Waals surface area (Å²) in [5.74, 6) is 0.844. The number of epoxide rings is 1. The third-order valence-electron chi connectivity index (χ3n) is 2.38. The van der Waals surface area contributed by atoms with E-state index in [0.717, 1.165) is 21.1 Å². The molecule has 0 N–H and O–H groups in total. The number of ether oxygens (including phenoxy) is 2. The monoisotopic (exact) mass is 346 g/mol. The third-order valence-corrected chi connectivity index (χ3v) is 3.50. The van der Waals surface area contributed by atoms with Crippen LogP contribution in [0.3, 0.4) is 0 Å². The lowest BCUT2D eigenvalue weighted by Crippen LogP contribution is -2.07. The number of benzene rings is 1. The number of halogens is 2. The molecule has 1 saturated heterocycles. The second-order valence-corrected chi connectivity index (χ2v) is 5.39. The van der Waals surface area contributed by atoms with Gasteiger partial charge in [0.2, 0.25) is 0 Å². The topological polar surface area (TPSA) is 21.8 Å². The second-order valence-electron chi connectivity index (χ2n) is 3.62. The van der Waals surface area contributed by atoms with Crippen LogP contribution >= 0.6 is 31.9 Å². The zero-order chi connectivity index (χ0) is 11.5. The average molecular weight is 348 g/mol. The Morgan fingerprint density at radius 2 is 2.19 bits per heavy atom. The summed E-state index contributed by atoms with van der Waals surface area (Å²) in [4.78, 5) is 0. The number of hydrogen-bond donors (Lipinski definition) is 0. The van der Waals surface area contributed by atoms with Crippen molar-refractivity contribution >= 4 is 31.9 Å². The molecule has 2 atom stereocenters. The van der Waals surface area contributed by atoms with Crippen molar-refractivity contribution in [2.75, 3.05) is 6.61 Å². The van der Waals surface area contributed by atoms with Crippen LogP contribution in [0, 0.1) is 0 Å². The maximum Gasteiger partial charge on any atom is 0.133 e. The molecule has 0 spiro atoms. The molecule has 86 valence electrons. The van der Waals surface area contributed by atoms with Gasteiger partial charge < -0.3 is 9.47 Å². The van der Waals surface area contributed by atoms with Crippen molar-refractivity contribution in [3.8, 4) is 5.75 Å². The van der Waals surface area contributed by atoms with E-state index in [-0.39, 0.29) is 6.10 Å². The van der Waals surface area contributed by atoms with Gasteiger partial charge in [0.15, 0.2) is 0 Å². The minimum absolute atomic E-state index is 0.216. The average Bonchev–Trinajstić information content (AvgIpc) is 2.96. The van der Waals surface area contributed by atoms with Crippen molar-refractivity contribution in [1.82, 2.24) is 0 Å². The van der Waals surface area contributed by atoms with Gasteiger partial charge in [0.25, 0.3) is 0 Å². The molecule has 1 heterocycles. The maximum atomic E-state index is 5.67. The van der Waals surface area contributed by atoms with Crippen LogP contribution in [0.1, 0.15) is 6.42 Å². The molecule has 1 aromatic carbocycles. The van der Waals surface area contributed by atoms with Crippen LogP contribution in [0.15, 0.2) is 39.8 Å². The zero-order valence-electron chi connectivity index (χ0n) is 8.66. The van der Waals surface area contributed by atoms with Gasteiger partial charge in [-0.3, -0.25) is 0 Å². The van der Waals surface area contributed by atoms with Crippen LogP contribution in [0.25, 0.3) is 0 Å². The van der Waals surface area contributed by atoms with Crippen LogP contribution in [0.4, 0.5) is 0 Å². The fourth-order valence-corrected chi connectivity index (χ4v) is 2.62. The second kappa shape index (κ2) is 5.34.